The average Bonchev–Trinajstić information content (AvgIpc) is 3.24. The van der Waals surface area contributed by atoms with E-state index < -0.39 is 0 Å². The SMILES string of the molecule is Cc1ccccc1-c1nnc(S[C@@H](C)C(=O)NC2CC2)n1N. The Morgan fingerprint density at radius 1 is 1.41 bits per heavy atom. The molecule has 3 rings (SSSR count). The lowest BCUT2D eigenvalue weighted by molar-refractivity contribution is -0.120. The Kier molecular flexibility index (Phi) is 4.06. The largest absolute Gasteiger partial charge is 0.352 e. The molecule has 7 heteroatoms. The number of nitrogens with zero attached hydrogens (tertiary/aromatic N) is 3. The number of hydrogen-bond donors (Lipinski definition) is 2. The minimum Gasteiger partial charge on any atom is -0.352 e. The number of aromatic nitrogens is 3. The van der Waals surface area contributed by atoms with Crippen LogP contribution in [0.3, 0.4) is 0 Å². The van der Waals surface area contributed by atoms with Gasteiger partial charge in [0.05, 0.1) is 5.25 Å². The van der Waals surface area contributed by atoms with Crippen LogP contribution >= 0.6 is 11.8 Å². The fourth-order valence-electron chi connectivity index (χ4n) is 2.12. The van der Waals surface area contributed by atoms with Gasteiger partial charge in [-0.3, -0.25) is 4.79 Å². The van der Waals surface area contributed by atoms with E-state index in [0.717, 1.165) is 24.0 Å². The van der Waals surface area contributed by atoms with Crippen molar-refractivity contribution in [2.45, 2.75) is 43.1 Å². The zero-order valence-electron chi connectivity index (χ0n) is 12.6. The third-order valence-corrected chi connectivity index (χ3v) is 4.68. The first kappa shape index (κ1) is 14.9. The monoisotopic (exact) mass is 317 g/mol. The summed E-state index contributed by atoms with van der Waals surface area (Å²) in [5.41, 5.74) is 2.03. The molecule has 3 N–H and O–H groups in total. The summed E-state index contributed by atoms with van der Waals surface area (Å²) in [6.07, 6.45) is 2.15. The van der Waals surface area contributed by atoms with Crippen LogP contribution in [-0.4, -0.2) is 32.1 Å². The molecule has 1 aliphatic rings. The maximum absolute atomic E-state index is 12.0. The number of amides is 1. The summed E-state index contributed by atoms with van der Waals surface area (Å²) >= 11 is 1.32. The molecule has 1 aliphatic carbocycles. The van der Waals surface area contributed by atoms with Gasteiger partial charge in [0.15, 0.2) is 5.82 Å². The highest BCUT2D eigenvalue weighted by Gasteiger charge is 2.27. The third kappa shape index (κ3) is 3.09. The Morgan fingerprint density at radius 2 is 2.14 bits per heavy atom. The molecule has 1 saturated carbocycles. The predicted molar refractivity (Wildman–Crippen MR) is 86.8 cm³/mol. The van der Waals surface area contributed by atoms with Gasteiger partial charge in [0.1, 0.15) is 0 Å². The molecule has 0 unspecified atom stereocenters. The van der Waals surface area contributed by atoms with Crippen LogP contribution in [0.4, 0.5) is 0 Å². The van der Waals surface area contributed by atoms with Gasteiger partial charge in [0, 0.05) is 11.6 Å². The maximum Gasteiger partial charge on any atom is 0.233 e. The summed E-state index contributed by atoms with van der Waals surface area (Å²) in [5, 5.41) is 11.6. The van der Waals surface area contributed by atoms with Gasteiger partial charge in [-0.15, -0.1) is 10.2 Å². The van der Waals surface area contributed by atoms with Crippen molar-refractivity contribution in [2.75, 3.05) is 5.84 Å². The molecule has 1 heterocycles. The van der Waals surface area contributed by atoms with Gasteiger partial charge < -0.3 is 11.2 Å². The zero-order chi connectivity index (χ0) is 15.7. The van der Waals surface area contributed by atoms with Crippen molar-refractivity contribution in [1.82, 2.24) is 20.2 Å². The number of thioether (sulfide) groups is 1. The molecule has 2 aromatic rings. The van der Waals surface area contributed by atoms with E-state index >= 15 is 0 Å². The van der Waals surface area contributed by atoms with E-state index in [4.69, 9.17) is 5.84 Å². The molecule has 1 aromatic heterocycles. The van der Waals surface area contributed by atoms with Crippen LogP contribution in [0.1, 0.15) is 25.3 Å². The van der Waals surface area contributed by atoms with Crippen LogP contribution in [0, 0.1) is 6.92 Å². The Labute approximate surface area is 133 Å². The van der Waals surface area contributed by atoms with Gasteiger partial charge in [-0.2, -0.15) is 0 Å². The van der Waals surface area contributed by atoms with Crippen LogP contribution in [0.5, 0.6) is 0 Å². The second kappa shape index (κ2) is 6.00. The summed E-state index contributed by atoms with van der Waals surface area (Å²) in [7, 11) is 0. The van der Waals surface area contributed by atoms with Crippen molar-refractivity contribution in [1.29, 1.82) is 0 Å². The summed E-state index contributed by atoms with van der Waals surface area (Å²) in [6, 6.07) is 8.22. The van der Waals surface area contributed by atoms with Gasteiger partial charge in [-0.1, -0.05) is 36.0 Å². The third-order valence-electron chi connectivity index (χ3n) is 3.63. The Morgan fingerprint density at radius 3 is 2.82 bits per heavy atom. The molecule has 0 saturated heterocycles. The highest BCUT2D eigenvalue weighted by atomic mass is 32.2. The zero-order valence-corrected chi connectivity index (χ0v) is 13.4. The quantitative estimate of drug-likeness (QED) is 0.648. The molecule has 0 bridgehead atoms. The molecule has 0 aliphatic heterocycles. The summed E-state index contributed by atoms with van der Waals surface area (Å²) < 4.78 is 1.45. The number of nitrogens with two attached hydrogens (primary N) is 1. The van der Waals surface area contributed by atoms with Crippen molar-refractivity contribution in [2.24, 2.45) is 0 Å². The lowest BCUT2D eigenvalue weighted by Crippen LogP contribution is -2.32. The molecule has 0 spiro atoms. The molecule has 1 amide bonds. The van der Waals surface area contributed by atoms with Crippen LogP contribution < -0.4 is 11.2 Å². The number of aryl methyl sites for hydroxylation is 1. The van der Waals surface area contributed by atoms with Crippen molar-refractivity contribution >= 4 is 17.7 Å². The van der Waals surface area contributed by atoms with E-state index in [1.807, 2.05) is 38.1 Å². The van der Waals surface area contributed by atoms with Crippen molar-refractivity contribution in [3.8, 4) is 11.4 Å². The van der Waals surface area contributed by atoms with Gasteiger partial charge in [0.25, 0.3) is 0 Å². The fraction of sp³-hybridized carbons (Fsp3) is 0.400. The second-order valence-corrected chi connectivity index (χ2v) is 6.84. The standard InChI is InChI=1S/C15H19N5OS/c1-9-5-3-4-6-12(9)13-18-19-15(20(13)16)22-10(2)14(21)17-11-7-8-11/h3-6,10-11H,7-8,16H2,1-2H3,(H,17,21)/t10-/m0/s1. The number of hydrogen-bond acceptors (Lipinski definition) is 5. The highest BCUT2D eigenvalue weighted by molar-refractivity contribution is 8.00. The first-order chi connectivity index (χ1) is 10.6. The average molecular weight is 317 g/mol. The van der Waals surface area contributed by atoms with Crippen molar-refractivity contribution in [3.05, 3.63) is 29.8 Å². The van der Waals surface area contributed by atoms with Crippen molar-refractivity contribution in [3.63, 3.8) is 0 Å². The molecule has 6 nitrogen and oxygen atoms in total. The number of rotatable bonds is 5. The minimum atomic E-state index is -0.253. The predicted octanol–water partition coefficient (Wildman–Crippen LogP) is 1.73. The number of nitrogen functional groups attached to an aromatic ring is 1. The highest BCUT2D eigenvalue weighted by Crippen LogP contribution is 2.27. The number of benzene rings is 1. The van der Waals surface area contributed by atoms with Crippen LogP contribution in [0.15, 0.2) is 29.4 Å². The lowest BCUT2D eigenvalue weighted by atomic mass is 10.1. The van der Waals surface area contributed by atoms with Crippen molar-refractivity contribution < 1.29 is 4.79 Å². The van der Waals surface area contributed by atoms with Gasteiger partial charge >= 0.3 is 0 Å². The molecular weight excluding hydrogens is 298 g/mol. The van der Waals surface area contributed by atoms with E-state index in [-0.39, 0.29) is 11.2 Å². The molecule has 1 atom stereocenters. The van der Waals surface area contributed by atoms with Crippen LogP contribution in [0.2, 0.25) is 0 Å². The second-order valence-electron chi connectivity index (χ2n) is 5.53. The Bertz CT molecular complexity index is 695. The van der Waals surface area contributed by atoms with E-state index in [2.05, 4.69) is 15.5 Å². The van der Waals surface area contributed by atoms with Gasteiger partial charge in [-0.05, 0) is 32.3 Å². The molecule has 0 radical (unpaired) electrons. The van der Waals surface area contributed by atoms with E-state index in [1.165, 1.54) is 16.4 Å². The minimum absolute atomic E-state index is 0.0212. The van der Waals surface area contributed by atoms with E-state index in [1.54, 1.807) is 0 Å². The maximum atomic E-state index is 12.0. The Balaban J connectivity index is 1.75. The number of nitrogens with one attached hydrogen (secondary N) is 1. The van der Waals surface area contributed by atoms with Gasteiger partial charge in [0.2, 0.25) is 11.1 Å². The number of carbonyl (C=O) groups is 1. The van der Waals surface area contributed by atoms with E-state index in [9.17, 15) is 4.79 Å². The molecule has 1 fully saturated rings. The molecule has 22 heavy (non-hydrogen) atoms. The number of carbonyl (C=O) groups excluding carboxylic acids is 1. The molecule has 1 aromatic carbocycles. The first-order valence-corrected chi connectivity index (χ1v) is 8.17. The van der Waals surface area contributed by atoms with Crippen LogP contribution in [-0.2, 0) is 4.79 Å². The smallest absolute Gasteiger partial charge is 0.233 e. The normalized spacial score (nSPS) is 15.5. The fourth-order valence-corrected chi connectivity index (χ4v) is 2.90. The lowest BCUT2D eigenvalue weighted by Gasteiger charge is -2.11. The summed E-state index contributed by atoms with van der Waals surface area (Å²) in [6.45, 7) is 3.85. The summed E-state index contributed by atoms with van der Waals surface area (Å²) in [5.74, 6) is 6.73. The molecular formula is C15H19N5OS. The Hall–Kier alpha value is -2.02. The first-order valence-electron chi connectivity index (χ1n) is 7.30. The summed E-state index contributed by atoms with van der Waals surface area (Å²) in [4.78, 5) is 12.0. The van der Waals surface area contributed by atoms with Gasteiger partial charge in [-0.25, -0.2) is 4.68 Å². The van der Waals surface area contributed by atoms with E-state index in [0.29, 0.717) is 17.0 Å². The topological polar surface area (TPSA) is 85.8 Å². The van der Waals surface area contributed by atoms with Crippen LogP contribution in [0.25, 0.3) is 11.4 Å². The molecule has 116 valence electrons.